The van der Waals surface area contributed by atoms with Crippen LogP contribution in [0.4, 0.5) is 0 Å². The fraction of sp³-hybridized carbons (Fsp3) is 0.333. The van der Waals surface area contributed by atoms with Crippen LogP contribution in [0.25, 0.3) is 10.6 Å². The minimum Gasteiger partial charge on any atom is -0.508 e. The third-order valence-electron chi connectivity index (χ3n) is 2.45. The monoisotopic (exact) mass is 249 g/mol. The molecular formula is C12H15N3OS. The van der Waals surface area contributed by atoms with Crippen molar-refractivity contribution in [1.82, 2.24) is 15.5 Å². The average molecular weight is 249 g/mol. The van der Waals surface area contributed by atoms with E-state index in [-0.39, 0.29) is 0 Å². The third kappa shape index (κ3) is 2.81. The summed E-state index contributed by atoms with van der Waals surface area (Å²) in [6, 6.07) is 5.56. The van der Waals surface area contributed by atoms with Crippen LogP contribution >= 0.6 is 11.3 Å². The molecule has 2 N–H and O–H groups in total. The second kappa shape index (κ2) is 5.25. The van der Waals surface area contributed by atoms with Crippen molar-refractivity contribution in [3.05, 3.63) is 28.8 Å². The number of phenolic OH excluding ortho intramolecular Hbond substituents is 1. The maximum absolute atomic E-state index is 9.65. The quantitative estimate of drug-likeness (QED) is 0.873. The number of nitrogens with zero attached hydrogens (tertiary/aromatic N) is 2. The SMILES string of the molecule is CCNCc1nnc(-c2ccc(C)c(O)c2)s1. The van der Waals surface area contributed by atoms with Crippen LogP contribution in [0.5, 0.6) is 5.75 Å². The van der Waals surface area contributed by atoms with E-state index in [9.17, 15) is 5.11 Å². The number of aromatic hydroxyl groups is 1. The molecule has 0 fully saturated rings. The molecule has 0 bridgehead atoms. The second-order valence-electron chi connectivity index (χ2n) is 3.78. The number of hydrogen-bond donors (Lipinski definition) is 2. The highest BCUT2D eigenvalue weighted by molar-refractivity contribution is 7.14. The molecule has 5 heteroatoms. The molecule has 0 aliphatic carbocycles. The van der Waals surface area contributed by atoms with Gasteiger partial charge in [-0.15, -0.1) is 10.2 Å². The Kier molecular flexibility index (Phi) is 3.71. The number of aromatic nitrogens is 2. The van der Waals surface area contributed by atoms with E-state index >= 15 is 0 Å². The first-order valence-corrected chi connectivity index (χ1v) is 6.35. The van der Waals surface area contributed by atoms with Gasteiger partial charge < -0.3 is 10.4 Å². The van der Waals surface area contributed by atoms with Crippen LogP contribution in [-0.2, 0) is 6.54 Å². The smallest absolute Gasteiger partial charge is 0.147 e. The largest absolute Gasteiger partial charge is 0.508 e. The van der Waals surface area contributed by atoms with E-state index in [1.165, 1.54) is 0 Å². The zero-order valence-electron chi connectivity index (χ0n) is 9.90. The van der Waals surface area contributed by atoms with Gasteiger partial charge in [-0.3, -0.25) is 0 Å². The molecule has 17 heavy (non-hydrogen) atoms. The summed E-state index contributed by atoms with van der Waals surface area (Å²) in [7, 11) is 0. The van der Waals surface area contributed by atoms with Gasteiger partial charge in [0.15, 0.2) is 0 Å². The normalized spacial score (nSPS) is 10.7. The van der Waals surface area contributed by atoms with Gasteiger partial charge in [0.1, 0.15) is 15.8 Å². The lowest BCUT2D eigenvalue weighted by Gasteiger charge is -2.00. The van der Waals surface area contributed by atoms with Crippen molar-refractivity contribution in [2.24, 2.45) is 0 Å². The van der Waals surface area contributed by atoms with Gasteiger partial charge in [-0.05, 0) is 25.1 Å². The van der Waals surface area contributed by atoms with Gasteiger partial charge >= 0.3 is 0 Å². The maximum Gasteiger partial charge on any atom is 0.147 e. The Morgan fingerprint density at radius 2 is 2.18 bits per heavy atom. The zero-order chi connectivity index (χ0) is 12.3. The molecule has 0 unspecified atom stereocenters. The fourth-order valence-corrected chi connectivity index (χ4v) is 2.22. The number of phenols is 1. The lowest BCUT2D eigenvalue weighted by atomic mass is 10.1. The number of aryl methyl sites for hydroxylation is 1. The average Bonchev–Trinajstić information content (AvgIpc) is 2.79. The van der Waals surface area contributed by atoms with Crippen LogP contribution in [0, 0.1) is 6.92 Å². The molecule has 0 saturated carbocycles. The molecular weight excluding hydrogens is 234 g/mol. The summed E-state index contributed by atoms with van der Waals surface area (Å²) in [6.07, 6.45) is 0. The van der Waals surface area contributed by atoms with Gasteiger partial charge in [0, 0.05) is 12.1 Å². The summed E-state index contributed by atoms with van der Waals surface area (Å²) < 4.78 is 0. The fourth-order valence-electron chi connectivity index (χ4n) is 1.42. The van der Waals surface area contributed by atoms with Gasteiger partial charge in [-0.2, -0.15) is 0 Å². The molecule has 0 aliphatic heterocycles. The highest BCUT2D eigenvalue weighted by Crippen LogP contribution is 2.28. The Balaban J connectivity index is 2.21. The summed E-state index contributed by atoms with van der Waals surface area (Å²) >= 11 is 1.54. The molecule has 1 aromatic heterocycles. The van der Waals surface area contributed by atoms with Gasteiger partial charge in [0.25, 0.3) is 0 Å². The van der Waals surface area contributed by atoms with E-state index in [2.05, 4.69) is 22.4 Å². The first-order valence-electron chi connectivity index (χ1n) is 5.53. The van der Waals surface area contributed by atoms with E-state index in [1.807, 2.05) is 19.1 Å². The summed E-state index contributed by atoms with van der Waals surface area (Å²) in [5.41, 5.74) is 1.78. The summed E-state index contributed by atoms with van der Waals surface area (Å²) in [5, 5.41) is 22.9. The number of hydrogen-bond acceptors (Lipinski definition) is 5. The Hall–Kier alpha value is -1.46. The summed E-state index contributed by atoms with van der Waals surface area (Å²) in [5.74, 6) is 0.297. The molecule has 90 valence electrons. The van der Waals surface area contributed by atoms with Gasteiger partial charge in [-0.25, -0.2) is 0 Å². The van der Waals surface area contributed by atoms with E-state index in [0.29, 0.717) is 5.75 Å². The van der Waals surface area contributed by atoms with Crippen molar-refractivity contribution < 1.29 is 5.11 Å². The van der Waals surface area contributed by atoms with Crippen molar-refractivity contribution in [2.75, 3.05) is 6.54 Å². The lowest BCUT2D eigenvalue weighted by Crippen LogP contribution is -2.11. The third-order valence-corrected chi connectivity index (χ3v) is 3.42. The predicted molar refractivity (Wildman–Crippen MR) is 69.1 cm³/mol. The first-order chi connectivity index (χ1) is 8.20. The molecule has 1 aromatic carbocycles. The number of nitrogens with one attached hydrogen (secondary N) is 1. The molecule has 0 aliphatic rings. The minimum absolute atomic E-state index is 0.297. The van der Waals surface area contributed by atoms with Gasteiger partial charge in [-0.1, -0.05) is 30.4 Å². The Bertz CT molecular complexity index is 510. The molecule has 0 saturated heterocycles. The van der Waals surface area contributed by atoms with Crippen LogP contribution in [0.2, 0.25) is 0 Å². The number of rotatable bonds is 4. The van der Waals surface area contributed by atoms with Crippen LogP contribution in [-0.4, -0.2) is 21.8 Å². The van der Waals surface area contributed by atoms with Crippen LogP contribution in [0.3, 0.4) is 0 Å². The molecule has 0 radical (unpaired) electrons. The molecule has 0 spiro atoms. The van der Waals surface area contributed by atoms with Crippen LogP contribution in [0.1, 0.15) is 17.5 Å². The molecule has 2 aromatic rings. The number of benzene rings is 1. The maximum atomic E-state index is 9.65. The van der Waals surface area contributed by atoms with Crippen molar-refractivity contribution in [3.8, 4) is 16.3 Å². The Morgan fingerprint density at radius 1 is 1.35 bits per heavy atom. The van der Waals surface area contributed by atoms with E-state index in [1.54, 1.807) is 17.4 Å². The van der Waals surface area contributed by atoms with Gasteiger partial charge in [0.2, 0.25) is 0 Å². The summed E-state index contributed by atoms with van der Waals surface area (Å²) in [4.78, 5) is 0. The Morgan fingerprint density at radius 3 is 2.88 bits per heavy atom. The second-order valence-corrected chi connectivity index (χ2v) is 4.84. The zero-order valence-corrected chi connectivity index (χ0v) is 10.7. The van der Waals surface area contributed by atoms with Crippen molar-refractivity contribution in [1.29, 1.82) is 0 Å². The predicted octanol–water partition coefficient (Wildman–Crippen LogP) is 2.33. The lowest BCUT2D eigenvalue weighted by molar-refractivity contribution is 0.471. The van der Waals surface area contributed by atoms with Crippen LogP contribution in [0.15, 0.2) is 18.2 Å². The van der Waals surface area contributed by atoms with Crippen molar-refractivity contribution >= 4 is 11.3 Å². The molecule has 0 atom stereocenters. The van der Waals surface area contributed by atoms with E-state index < -0.39 is 0 Å². The standard InChI is InChI=1S/C12H15N3OS/c1-3-13-7-11-14-15-12(17-11)9-5-4-8(2)10(16)6-9/h4-6,13,16H,3,7H2,1-2H3. The molecule has 1 heterocycles. The first kappa shape index (κ1) is 12.0. The van der Waals surface area contributed by atoms with E-state index in [4.69, 9.17) is 0 Å². The molecule has 4 nitrogen and oxygen atoms in total. The molecule has 2 rings (SSSR count). The van der Waals surface area contributed by atoms with Crippen molar-refractivity contribution in [3.63, 3.8) is 0 Å². The van der Waals surface area contributed by atoms with Gasteiger partial charge in [0.05, 0.1) is 0 Å². The van der Waals surface area contributed by atoms with Crippen molar-refractivity contribution in [2.45, 2.75) is 20.4 Å². The Labute approximate surface area is 104 Å². The minimum atomic E-state index is 0.297. The summed E-state index contributed by atoms with van der Waals surface area (Å²) in [6.45, 7) is 5.59. The highest BCUT2D eigenvalue weighted by atomic mass is 32.1. The topological polar surface area (TPSA) is 58.0 Å². The van der Waals surface area contributed by atoms with E-state index in [0.717, 1.165) is 34.2 Å². The van der Waals surface area contributed by atoms with Crippen LogP contribution < -0.4 is 5.32 Å². The molecule has 0 amide bonds. The highest BCUT2D eigenvalue weighted by Gasteiger charge is 2.07.